The van der Waals surface area contributed by atoms with Crippen LogP contribution in [0.15, 0.2) is 0 Å². The van der Waals surface area contributed by atoms with E-state index in [2.05, 4.69) is 0 Å². The second-order valence-electron chi connectivity index (χ2n) is 6.41. The van der Waals surface area contributed by atoms with Crippen molar-refractivity contribution in [3.05, 3.63) is 0 Å². The third kappa shape index (κ3) is 16.2. The first-order chi connectivity index (χ1) is 11.8. The van der Waals surface area contributed by atoms with Gasteiger partial charge in [0.1, 0.15) is 0 Å². The maximum absolute atomic E-state index is 8.99. The molecular weight excluding hydrogens is 342 g/mol. The average Bonchev–Trinajstić information content (AvgIpc) is 2.59. The van der Waals surface area contributed by atoms with Crippen molar-refractivity contribution in [1.82, 2.24) is 0 Å². The largest absolute Gasteiger partial charge is 0.396 e. The normalized spacial score (nSPS) is 11.8. The van der Waals surface area contributed by atoms with Gasteiger partial charge in [-0.25, -0.2) is 0 Å². The van der Waals surface area contributed by atoms with Gasteiger partial charge in [-0.1, -0.05) is 0 Å². The van der Waals surface area contributed by atoms with Gasteiger partial charge in [-0.3, -0.25) is 0 Å². The molecule has 0 aromatic rings. The summed E-state index contributed by atoms with van der Waals surface area (Å²) in [5.41, 5.74) is 0. The average molecular weight is 382 g/mol. The summed E-state index contributed by atoms with van der Waals surface area (Å²) in [7, 11) is 0.0832. The first-order valence-electron chi connectivity index (χ1n) is 9.66. The van der Waals surface area contributed by atoms with Crippen LogP contribution in [-0.4, -0.2) is 83.8 Å². The van der Waals surface area contributed by atoms with Gasteiger partial charge in [0, 0.05) is 26.4 Å². The summed E-state index contributed by atoms with van der Waals surface area (Å²) in [5, 5.41) is 36.0. The van der Waals surface area contributed by atoms with E-state index in [0.29, 0.717) is 26.4 Å². The van der Waals surface area contributed by atoms with Crippen molar-refractivity contribution in [1.29, 1.82) is 0 Å². The lowest BCUT2D eigenvalue weighted by atomic mass is 10.4. The summed E-state index contributed by atoms with van der Waals surface area (Å²) in [4.78, 5) is 0. The molecular formula is C18H40O4P2. The molecule has 0 fully saturated rings. The van der Waals surface area contributed by atoms with Crippen LogP contribution in [0.25, 0.3) is 0 Å². The smallest absolute Gasteiger partial charge is 0.0431 e. The molecule has 0 aromatic heterocycles. The molecule has 24 heavy (non-hydrogen) atoms. The van der Waals surface area contributed by atoms with Crippen LogP contribution in [0.4, 0.5) is 0 Å². The topological polar surface area (TPSA) is 80.9 Å². The predicted molar refractivity (Wildman–Crippen MR) is 108 cm³/mol. The summed E-state index contributed by atoms with van der Waals surface area (Å²) >= 11 is 0. The highest BCUT2D eigenvalue weighted by molar-refractivity contribution is 7.61. The molecule has 0 bridgehead atoms. The van der Waals surface area contributed by atoms with E-state index in [4.69, 9.17) is 20.4 Å². The molecule has 0 radical (unpaired) electrons. The summed E-state index contributed by atoms with van der Waals surface area (Å²) in [5.74, 6) is 0. The Morgan fingerprint density at radius 2 is 0.583 bits per heavy atom. The summed E-state index contributed by atoms with van der Waals surface area (Å²) in [6.07, 6.45) is 15.9. The number of aliphatic hydroxyl groups excluding tert-OH is 4. The van der Waals surface area contributed by atoms with Crippen LogP contribution in [-0.2, 0) is 0 Å². The maximum Gasteiger partial charge on any atom is 0.0431 e. The Hall–Kier alpha value is 0.700. The van der Waals surface area contributed by atoms with Crippen molar-refractivity contribution in [2.24, 2.45) is 0 Å². The fraction of sp³-hybridized carbons (Fsp3) is 1.00. The number of rotatable bonds is 19. The third-order valence-corrected chi connectivity index (χ3v) is 10.1. The van der Waals surface area contributed by atoms with Crippen LogP contribution in [0.5, 0.6) is 0 Å². The summed E-state index contributed by atoms with van der Waals surface area (Å²) < 4.78 is 0. The van der Waals surface area contributed by atoms with Crippen molar-refractivity contribution < 1.29 is 20.4 Å². The summed E-state index contributed by atoms with van der Waals surface area (Å²) in [6, 6.07) is 0. The van der Waals surface area contributed by atoms with Gasteiger partial charge in [0.05, 0.1) is 0 Å². The lowest BCUT2D eigenvalue weighted by molar-refractivity contribution is 0.286. The molecule has 4 N–H and O–H groups in total. The Morgan fingerprint density at radius 1 is 0.333 bits per heavy atom. The van der Waals surface area contributed by atoms with Crippen LogP contribution in [0, 0.1) is 0 Å². The monoisotopic (exact) mass is 382 g/mol. The van der Waals surface area contributed by atoms with E-state index in [0.717, 1.165) is 51.4 Å². The number of aliphatic hydroxyl groups is 4. The van der Waals surface area contributed by atoms with Crippen molar-refractivity contribution in [2.75, 3.05) is 63.4 Å². The molecule has 0 aliphatic carbocycles. The molecule has 0 saturated heterocycles. The SMILES string of the molecule is OCCCCP(CCCCO)CCP(CCCCO)CCCCO. The van der Waals surface area contributed by atoms with Crippen LogP contribution in [0.1, 0.15) is 51.4 Å². The highest BCUT2D eigenvalue weighted by Crippen LogP contribution is 2.45. The predicted octanol–water partition coefficient (Wildman–Crippen LogP) is 3.04. The minimum Gasteiger partial charge on any atom is -0.396 e. The molecule has 6 heteroatoms. The van der Waals surface area contributed by atoms with Gasteiger partial charge >= 0.3 is 0 Å². The first kappa shape index (κ1) is 24.7. The second kappa shape index (κ2) is 20.0. The van der Waals surface area contributed by atoms with Crippen LogP contribution in [0.3, 0.4) is 0 Å². The van der Waals surface area contributed by atoms with Gasteiger partial charge in [-0.2, -0.15) is 0 Å². The first-order valence-corrected chi connectivity index (χ1v) is 13.5. The van der Waals surface area contributed by atoms with Gasteiger partial charge < -0.3 is 20.4 Å². The third-order valence-electron chi connectivity index (χ3n) is 4.26. The van der Waals surface area contributed by atoms with E-state index in [1.165, 1.54) is 37.0 Å². The molecule has 0 saturated carbocycles. The highest BCUT2D eigenvalue weighted by atomic mass is 31.1. The highest BCUT2D eigenvalue weighted by Gasteiger charge is 2.13. The molecule has 0 atom stereocenters. The van der Waals surface area contributed by atoms with Gasteiger partial charge in [-0.05, 0) is 88.3 Å². The number of hydrogen-bond acceptors (Lipinski definition) is 4. The van der Waals surface area contributed by atoms with E-state index in [-0.39, 0.29) is 15.8 Å². The Bertz CT molecular complexity index is 201. The minimum absolute atomic E-state index is 0.0416. The second-order valence-corrected chi connectivity index (χ2v) is 11.8. The Labute approximate surface area is 151 Å². The van der Waals surface area contributed by atoms with Gasteiger partial charge in [0.2, 0.25) is 0 Å². The zero-order valence-corrected chi connectivity index (χ0v) is 17.2. The molecule has 0 aliphatic rings. The van der Waals surface area contributed by atoms with Crippen LogP contribution >= 0.6 is 15.8 Å². The van der Waals surface area contributed by atoms with Crippen molar-refractivity contribution in [3.63, 3.8) is 0 Å². The molecule has 0 amide bonds. The van der Waals surface area contributed by atoms with Crippen LogP contribution < -0.4 is 0 Å². The maximum atomic E-state index is 8.99. The van der Waals surface area contributed by atoms with Gasteiger partial charge in [-0.15, -0.1) is 15.8 Å². The zero-order chi connectivity index (χ0) is 17.9. The van der Waals surface area contributed by atoms with E-state index in [9.17, 15) is 0 Å². The van der Waals surface area contributed by atoms with E-state index < -0.39 is 0 Å². The molecule has 0 rings (SSSR count). The standard InChI is InChI=1S/C18H40O4P2/c19-9-1-5-13-23(14-6-2-10-20)17-18-24(15-7-3-11-21)16-8-4-12-22/h19-22H,1-18H2. The Kier molecular flexibility index (Phi) is 20.6. The molecule has 0 spiro atoms. The number of hydrogen-bond donors (Lipinski definition) is 4. The zero-order valence-electron chi connectivity index (χ0n) is 15.4. The lowest BCUT2D eigenvalue weighted by Crippen LogP contribution is -2.04. The number of unbranched alkanes of at least 4 members (excludes halogenated alkanes) is 4. The molecule has 4 nitrogen and oxygen atoms in total. The fourth-order valence-electron chi connectivity index (χ4n) is 2.74. The summed E-state index contributed by atoms with van der Waals surface area (Å²) in [6.45, 7) is 1.20. The van der Waals surface area contributed by atoms with Crippen molar-refractivity contribution in [2.45, 2.75) is 51.4 Å². The Morgan fingerprint density at radius 3 is 0.792 bits per heavy atom. The van der Waals surface area contributed by atoms with E-state index in [1.54, 1.807) is 0 Å². The molecule has 0 heterocycles. The van der Waals surface area contributed by atoms with E-state index in [1.807, 2.05) is 0 Å². The van der Waals surface area contributed by atoms with Gasteiger partial charge in [0.25, 0.3) is 0 Å². The Balaban J connectivity index is 4.21. The minimum atomic E-state index is 0.0416. The molecule has 146 valence electrons. The molecule has 0 unspecified atom stereocenters. The molecule has 0 aliphatic heterocycles. The van der Waals surface area contributed by atoms with Crippen LogP contribution in [0.2, 0.25) is 0 Å². The lowest BCUT2D eigenvalue weighted by Gasteiger charge is -2.23. The quantitative estimate of drug-likeness (QED) is 0.204. The van der Waals surface area contributed by atoms with Crippen molar-refractivity contribution >= 4 is 15.8 Å². The van der Waals surface area contributed by atoms with Crippen molar-refractivity contribution in [3.8, 4) is 0 Å². The van der Waals surface area contributed by atoms with E-state index >= 15 is 0 Å². The molecule has 0 aromatic carbocycles. The van der Waals surface area contributed by atoms with Gasteiger partial charge in [0.15, 0.2) is 0 Å². The fourth-order valence-corrected chi connectivity index (χ4v) is 9.03.